The van der Waals surface area contributed by atoms with E-state index in [0.717, 1.165) is 29.7 Å². The van der Waals surface area contributed by atoms with Crippen molar-refractivity contribution in [3.63, 3.8) is 0 Å². The second-order valence-corrected chi connectivity index (χ2v) is 8.64. The average molecular weight is 456 g/mol. The first-order valence-electron chi connectivity index (χ1n) is 11.8. The number of nitrogens with zero attached hydrogens (tertiary/aromatic N) is 4. The van der Waals surface area contributed by atoms with E-state index >= 15 is 0 Å². The van der Waals surface area contributed by atoms with E-state index < -0.39 is 0 Å². The van der Waals surface area contributed by atoms with Crippen LogP contribution in [0.15, 0.2) is 71.8 Å². The lowest BCUT2D eigenvalue weighted by Crippen LogP contribution is -2.30. The highest BCUT2D eigenvalue weighted by molar-refractivity contribution is 5.90. The highest BCUT2D eigenvalue weighted by atomic mass is 16.7. The highest BCUT2D eigenvalue weighted by Gasteiger charge is 2.17. The molecule has 1 N–H and O–H groups in total. The minimum absolute atomic E-state index is 0.270. The summed E-state index contributed by atoms with van der Waals surface area (Å²) in [7, 11) is 0. The van der Waals surface area contributed by atoms with Crippen molar-refractivity contribution in [1.82, 2.24) is 14.7 Å². The Morgan fingerprint density at radius 3 is 2.56 bits per heavy atom. The van der Waals surface area contributed by atoms with Crippen molar-refractivity contribution >= 4 is 22.4 Å². The highest BCUT2D eigenvalue weighted by Crippen LogP contribution is 2.27. The Labute approximate surface area is 199 Å². The number of benzene rings is 2. The smallest absolute Gasteiger partial charge is 0.287 e. The van der Waals surface area contributed by atoms with Crippen LogP contribution in [0.2, 0.25) is 0 Å². The Morgan fingerprint density at radius 1 is 0.971 bits per heavy atom. The molecule has 34 heavy (non-hydrogen) atoms. The van der Waals surface area contributed by atoms with Crippen LogP contribution < -0.4 is 20.6 Å². The predicted molar refractivity (Wildman–Crippen MR) is 135 cm³/mol. The maximum atomic E-state index is 13.0. The van der Waals surface area contributed by atoms with Crippen LogP contribution in [-0.4, -0.2) is 27.8 Å². The van der Waals surface area contributed by atoms with E-state index in [-0.39, 0.29) is 12.2 Å². The third kappa shape index (κ3) is 4.59. The number of para-hydroxylation sites is 1. The molecule has 174 valence electrons. The fourth-order valence-electron chi connectivity index (χ4n) is 4.56. The molecule has 0 radical (unpaired) electrons. The first-order chi connectivity index (χ1) is 16.7. The molecule has 1 aliphatic rings. The van der Waals surface area contributed by atoms with Crippen molar-refractivity contribution in [3.8, 4) is 0 Å². The number of fused-ring (bicyclic) bond motifs is 1. The molecule has 7 heteroatoms. The number of piperidine rings is 1. The van der Waals surface area contributed by atoms with E-state index in [1.165, 1.54) is 41.6 Å². The third-order valence-corrected chi connectivity index (χ3v) is 6.31. The molecule has 2 aromatic heterocycles. The summed E-state index contributed by atoms with van der Waals surface area (Å²) in [5.41, 5.74) is 5.13. The van der Waals surface area contributed by atoms with Gasteiger partial charge in [0.05, 0.1) is 16.8 Å². The second kappa shape index (κ2) is 9.95. The summed E-state index contributed by atoms with van der Waals surface area (Å²) in [4.78, 5) is 30.2. The fourth-order valence-corrected chi connectivity index (χ4v) is 4.56. The van der Waals surface area contributed by atoms with Crippen LogP contribution in [0.25, 0.3) is 11.0 Å². The first-order valence-corrected chi connectivity index (χ1v) is 11.8. The van der Waals surface area contributed by atoms with Crippen molar-refractivity contribution in [3.05, 3.63) is 94.2 Å². The molecule has 0 spiro atoms. The van der Waals surface area contributed by atoms with Gasteiger partial charge in [0, 0.05) is 31.4 Å². The minimum atomic E-state index is -0.270. The van der Waals surface area contributed by atoms with E-state index in [1.54, 1.807) is 6.07 Å². The van der Waals surface area contributed by atoms with Gasteiger partial charge in [0.2, 0.25) is 0 Å². The standard InChI is InChI=1S/C27H29N5O2/c1-20-26-23(28-17-22-12-6-7-13-24(22)31-14-8-3-9-15-31)16-25(33)32(27(26)30-19-29-20)34-18-21-10-4-2-5-11-21/h2,4-7,10-13,16,19,28H,3,8-9,14-15,17-18H2,1H3. The summed E-state index contributed by atoms with van der Waals surface area (Å²) in [6, 6.07) is 19.8. The zero-order valence-electron chi connectivity index (χ0n) is 19.4. The zero-order chi connectivity index (χ0) is 23.3. The molecule has 2 aromatic carbocycles. The molecule has 5 rings (SSSR count). The SMILES string of the molecule is Cc1ncnc2c1c(NCc1ccccc1N1CCCCC1)cc(=O)n2OCc1ccccc1. The van der Waals surface area contributed by atoms with Gasteiger partial charge >= 0.3 is 0 Å². The van der Waals surface area contributed by atoms with Gasteiger partial charge in [0.15, 0.2) is 5.65 Å². The Balaban J connectivity index is 1.44. The van der Waals surface area contributed by atoms with Crippen LogP contribution in [0, 0.1) is 6.92 Å². The summed E-state index contributed by atoms with van der Waals surface area (Å²) < 4.78 is 1.27. The monoisotopic (exact) mass is 455 g/mol. The molecular formula is C27H29N5O2. The number of anilines is 2. The summed E-state index contributed by atoms with van der Waals surface area (Å²) in [6.07, 6.45) is 5.22. The molecule has 0 atom stereocenters. The van der Waals surface area contributed by atoms with Gasteiger partial charge in [0.25, 0.3) is 5.56 Å². The molecule has 1 saturated heterocycles. The molecule has 0 unspecified atom stereocenters. The maximum absolute atomic E-state index is 13.0. The topological polar surface area (TPSA) is 72.3 Å². The Kier molecular flexibility index (Phi) is 6.42. The molecule has 1 fully saturated rings. The van der Waals surface area contributed by atoms with Crippen LogP contribution in [0.3, 0.4) is 0 Å². The summed E-state index contributed by atoms with van der Waals surface area (Å²) in [6.45, 7) is 4.96. The lowest BCUT2D eigenvalue weighted by Gasteiger charge is -2.30. The van der Waals surface area contributed by atoms with Crippen molar-refractivity contribution < 1.29 is 4.84 Å². The molecule has 0 bridgehead atoms. The lowest BCUT2D eigenvalue weighted by molar-refractivity contribution is 0.0979. The predicted octanol–water partition coefficient (Wildman–Crippen LogP) is 4.33. The van der Waals surface area contributed by atoms with Crippen LogP contribution in [0.5, 0.6) is 0 Å². The summed E-state index contributed by atoms with van der Waals surface area (Å²) >= 11 is 0. The van der Waals surface area contributed by atoms with Gasteiger partial charge in [-0.2, -0.15) is 0 Å². The van der Waals surface area contributed by atoms with Crippen LogP contribution in [-0.2, 0) is 13.2 Å². The van der Waals surface area contributed by atoms with E-state index in [2.05, 4.69) is 44.5 Å². The molecule has 3 heterocycles. The number of hydrogen-bond donors (Lipinski definition) is 1. The number of aromatic nitrogens is 3. The molecular weight excluding hydrogens is 426 g/mol. The van der Waals surface area contributed by atoms with E-state index in [0.29, 0.717) is 17.9 Å². The van der Waals surface area contributed by atoms with Crippen LogP contribution in [0.4, 0.5) is 11.4 Å². The fraction of sp³-hybridized carbons (Fsp3) is 0.296. The van der Waals surface area contributed by atoms with Crippen molar-refractivity contribution in [2.24, 2.45) is 0 Å². The summed E-state index contributed by atoms with van der Waals surface area (Å²) in [5, 5.41) is 4.27. The van der Waals surface area contributed by atoms with E-state index in [1.807, 2.05) is 37.3 Å². The van der Waals surface area contributed by atoms with Crippen molar-refractivity contribution in [2.45, 2.75) is 39.3 Å². The first kappa shape index (κ1) is 21.9. The van der Waals surface area contributed by atoms with Gasteiger partial charge in [-0.25, -0.2) is 9.97 Å². The van der Waals surface area contributed by atoms with Gasteiger partial charge in [-0.1, -0.05) is 48.5 Å². The quantitative estimate of drug-likeness (QED) is 0.447. The van der Waals surface area contributed by atoms with Gasteiger partial charge in [-0.15, -0.1) is 4.73 Å². The number of nitrogens with one attached hydrogen (secondary N) is 1. The molecule has 0 amide bonds. The molecule has 7 nitrogen and oxygen atoms in total. The average Bonchev–Trinajstić information content (AvgIpc) is 2.88. The Hall–Kier alpha value is -3.87. The normalized spacial score (nSPS) is 13.7. The largest absolute Gasteiger partial charge is 0.404 e. The van der Waals surface area contributed by atoms with Gasteiger partial charge in [-0.05, 0) is 43.4 Å². The number of aryl methyl sites for hydroxylation is 1. The summed E-state index contributed by atoms with van der Waals surface area (Å²) in [5.74, 6) is 0. The molecule has 1 aliphatic heterocycles. The minimum Gasteiger partial charge on any atom is -0.404 e. The number of rotatable bonds is 7. The van der Waals surface area contributed by atoms with Crippen molar-refractivity contribution in [2.75, 3.05) is 23.3 Å². The zero-order valence-corrected chi connectivity index (χ0v) is 19.4. The van der Waals surface area contributed by atoms with Crippen molar-refractivity contribution in [1.29, 1.82) is 0 Å². The van der Waals surface area contributed by atoms with Gasteiger partial charge in [-0.3, -0.25) is 4.79 Å². The van der Waals surface area contributed by atoms with Gasteiger partial charge in [0.1, 0.15) is 12.9 Å². The molecule has 0 aliphatic carbocycles. The lowest BCUT2D eigenvalue weighted by atomic mass is 10.1. The number of hydrogen-bond acceptors (Lipinski definition) is 6. The molecule has 0 saturated carbocycles. The molecule has 4 aromatic rings. The van der Waals surface area contributed by atoms with E-state index in [9.17, 15) is 4.79 Å². The van der Waals surface area contributed by atoms with E-state index in [4.69, 9.17) is 4.84 Å². The second-order valence-electron chi connectivity index (χ2n) is 8.64. The Bertz CT molecular complexity index is 1330. The van der Waals surface area contributed by atoms with Crippen LogP contribution >= 0.6 is 0 Å². The Morgan fingerprint density at radius 2 is 1.74 bits per heavy atom. The number of pyridine rings is 1. The third-order valence-electron chi connectivity index (χ3n) is 6.31. The maximum Gasteiger partial charge on any atom is 0.287 e. The van der Waals surface area contributed by atoms with Gasteiger partial charge < -0.3 is 15.1 Å². The van der Waals surface area contributed by atoms with Crippen LogP contribution in [0.1, 0.15) is 36.1 Å².